The summed E-state index contributed by atoms with van der Waals surface area (Å²) in [6.45, 7) is 2.66. The van der Waals surface area contributed by atoms with Crippen LogP contribution in [-0.4, -0.2) is 50.0 Å². The van der Waals surface area contributed by atoms with Gasteiger partial charge in [0, 0.05) is 13.1 Å². The molecule has 0 aliphatic carbocycles. The van der Waals surface area contributed by atoms with Crippen LogP contribution in [0.15, 0.2) is 30.5 Å². The Kier molecular flexibility index (Phi) is 5.00. The molecule has 1 amide bonds. The molecule has 2 heterocycles. The van der Waals surface area contributed by atoms with E-state index in [-0.39, 0.29) is 30.6 Å². The van der Waals surface area contributed by atoms with Gasteiger partial charge >= 0.3 is 5.97 Å². The molecule has 2 aromatic rings. The first kappa shape index (κ1) is 17.0. The maximum atomic E-state index is 12.3. The van der Waals surface area contributed by atoms with Gasteiger partial charge in [-0.05, 0) is 25.5 Å². The topological polar surface area (TPSA) is 88.3 Å². The normalized spacial score (nSPS) is 16.9. The highest BCUT2D eigenvalue weighted by Crippen LogP contribution is 2.18. The Hall–Kier alpha value is -2.41. The Morgan fingerprint density at radius 3 is 2.57 bits per heavy atom. The maximum absolute atomic E-state index is 12.3. The number of amides is 1. The van der Waals surface area contributed by atoms with Gasteiger partial charge in [-0.25, -0.2) is 4.68 Å². The van der Waals surface area contributed by atoms with Gasteiger partial charge in [-0.3, -0.25) is 9.59 Å². The summed E-state index contributed by atoms with van der Waals surface area (Å²) >= 11 is 0. The number of carboxylic acids is 1. The second-order valence-corrected chi connectivity index (χ2v) is 5.46. The van der Waals surface area contributed by atoms with Crippen molar-refractivity contribution in [1.82, 2.24) is 19.9 Å². The van der Waals surface area contributed by atoms with Crippen LogP contribution in [0.25, 0.3) is 5.69 Å². The molecule has 1 aliphatic heterocycles. The fourth-order valence-electron chi connectivity index (χ4n) is 2.49. The van der Waals surface area contributed by atoms with E-state index in [2.05, 4.69) is 10.3 Å². The van der Waals surface area contributed by atoms with E-state index in [1.54, 1.807) is 6.20 Å². The average molecular weight is 337 g/mol. The summed E-state index contributed by atoms with van der Waals surface area (Å²) in [4.78, 5) is 24.8. The van der Waals surface area contributed by atoms with Gasteiger partial charge in [-0.2, -0.15) is 0 Å². The van der Waals surface area contributed by atoms with E-state index in [0.717, 1.165) is 11.3 Å². The van der Waals surface area contributed by atoms with Crippen LogP contribution in [-0.2, 0) is 4.79 Å². The van der Waals surface area contributed by atoms with Gasteiger partial charge in [0.05, 0.1) is 17.8 Å². The van der Waals surface area contributed by atoms with Crippen molar-refractivity contribution in [2.24, 2.45) is 5.92 Å². The monoisotopic (exact) mass is 336 g/mol. The lowest BCUT2D eigenvalue weighted by Crippen LogP contribution is -2.30. The van der Waals surface area contributed by atoms with Gasteiger partial charge in [0.2, 0.25) is 0 Å². The molecule has 0 radical (unpaired) electrons. The minimum Gasteiger partial charge on any atom is -0.481 e. The summed E-state index contributed by atoms with van der Waals surface area (Å²) in [5, 5.41) is 16.9. The van der Waals surface area contributed by atoms with Crippen LogP contribution in [0.2, 0.25) is 0 Å². The van der Waals surface area contributed by atoms with E-state index in [0.29, 0.717) is 13.0 Å². The number of aryl methyl sites for hydroxylation is 1. The number of aliphatic carboxylic acids is 1. The molecule has 7 nitrogen and oxygen atoms in total. The smallest absolute Gasteiger partial charge is 0.308 e. The third kappa shape index (κ3) is 3.50. The molecule has 0 bridgehead atoms. The molecule has 8 heteroatoms. The minimum atomic E-state index is -0.862. The molecule has 1 aromatic carbocycles. The molecule has 3 rings (SSSR count). The van der Waals surface area contributed by atoms with E-state index in [9.17, 15) is 9.59 Å². The van der Waals surface area contributed by atoms with Crippen LogP contribution in [0.3, 0.4) is 0 Å². The van der Waals surface area contributed by atoms with Crippen molar-refractivity contribution in [3.63, 3.8) is 0 Å². The lowest BCUT2D eigenvalue weighted by atomic mass is 10.1. The zero-order valence-corrected chi connectivity index (χ0v) is 13.4. The molecular weight excluding hydrogens is 320 g/mol. The maximum Gasteiger partial charge on any atom is 0.308 e. The van der Waals surface area contributed by atoms with Crippen molar-refractivity contribution in [3.05, 3.63) is 41.7 Å². The van der Waals surface area contributed by atoms with Gasteiger partial charge in [-0.1, -0.05) is 22.9 Å². The van der Waals surface area contributed by atoms with Crippen molar-refractivity contribution in [1.29, 1.82) is 0 Å². The largest absolute Gasteiger partial charge is 0.481 e. The number of hydrogen-bond donors (Lipinski definition) is 1. The van der Waals surface area contributed by atoms with Crippen molar-refractivity contribution < 1.29 is 14.7 Å². The molecule has 1 N–H and O–H groups in total. The number of halogens is 1. The predicted molar refractivity (Wildman–Crippen MR) is 85.0 cm³/mol. The Bertz CT molecular complexity index is 714. The van der Waals surface area contributed by atoms with Crippen molar-refractivity contribution >= 4 is 24.3 Å². The van der Waals surface area contributed by atoms with Crippen LogP contribution in [0.4, 0.5) is 0 Å². The van der Waals surface area contributed by atoms with E-state index in [1.165, 1.54) is 9.58 Å². The fraction of sp³-hybridized carbons (Fsp3) is 0.333. The lowest BCUT2D eigenvalue weighted by molar-refractivity contribution is -0.141. The Labute approximate surface area is 139 Å². The third-order valence-corrected chi connectivity index (χ3v) is 3.84. The van der Waals surface area contributed by atoms with Gasteiger partial charge in [0.15, 0.2) is 5.69 Å². The summed E-state index contributed by atoms with van der Waals surface area (Å²) < 4.78 is 1.54. The SMILES string of the molecule is Cc1ccc(-n2cc(C(=O)N3CCC(C(=O)O)C3)nn2)cc1.Cl. The molecule has 0 saturated carbocycles. The number of hydrogen-bond acceptors (Lipinski definition) is 4. The number of carbonyl (C=O) groups excluding carboxylic acids is 1. The highest BCUT2D eigenvalue weighted by Gasteiger charge is 2.32. The number of aromatic nitrogens is 3. The van der Waals surface area contributed by atoms with Gasteiger partial charge in [-0.15, -0.1) is 17.5 Å². The van der Waals surface area contributed by atoms with Crippen molar-refractivity contribution in [3.8, 4) is 5.69 Å². The summed E-state index contributed by atoms with van der Waals surface area (Å²) in [6, 6.07) is 7.70. The number of carboxylic acid groups (broad SMARTS) is 1. The molecule has 1 fully saturated rings. The van der Waals surface area contributed by atoms with Crippen molar-refractivity contribution in [2.45, 2.75) is 13.3 Å². The quantitative estimate of drug-likeness (QED) is 0.918. The summed E-state index contributed by atoms with van der Waals surface area (Å²) in [5.41, 5.74) is 2.19. The second-order valence-electron chi connectivity index (χ2n) is 5.46. The van der Waals surface area contributed by atoms with Crippen molar-refractivity contribution in [2.75, 3.05) is 13.1 Å². The second kappa shape index (κ2) is 6.78. The minimum absolute atomic E-state index is 0. The first-order chi connectivity index (χ1) is 10.5. The Balaban J connectivity index is 0.00000192. The lowest BCUT2D eigenvalue weighted by Gasteiger charge is -2.13. The molecule has 1 unspecified atom stereocenters. The molecule has 1 atom stereocenters. The predicted octanol–water partition coefficient (Wildman–Crippen LogP) is 1.54. The number of nitrogens with zero attached hydrogens (tertiary/aromatic N) is 4. The zero-order valence-electron chi connectivity index (χ0n) is 12.5. The highest BCUT2D eigenvalue weighted by atomic mass is 35.5. The van der Waals surface area contributed by atoms with E-state index < -0.39 is 11.9 Å². The Morgan fingerprint density at radius 1 is 1.26 bits per heavy atom. The number of carbonyl (C=O) groups is 2. The first-order valence-electron chi connectivity index (χ1n) is 7.06. The van der Waals surface area contributed by atoms with Crippen LogP contribution >= 0.6 is 12.4 Å². The third-order valence-electron chi connectivity index (χ3n) is 3.84. The van der Waals surface area contributed by atoms with Crippen LogP contribution in [0.5, 0.6) is 0 Å². The fourth-order valence-corrected chi connectivity index (χ4v) is 2.49. The molecule has 0 spiro atoms. The number of rotatable bonds is 3. The molecule has 122 valence electrons. The highest BCUT2D eigenvalue weighted by molar-refractivity contribution is 5.92. The van der Waals surface area contributed by atoms with Gasteiger partial charge in [0.25, 0.3) is 5.91 Å². The van der Waals surface area contributed by atoms with Gasteiger partial charge < -0.3 is 10.0 Å². The van der Waals surface area contributed by atoms with E-state index in [1.807, 2.05) is 31.2 Å². The average Bonchev–Trinajstić information content (AvgIpc) is 3.17. The molecular formula is C15H17ClN4O3. The standard InChI is InChI=1S/C15H16N4O3.ClH/c1-10-2-4-12(5-3-10)19-9-13(16-17-19)14(20)18-7-6-11(8-18)15(21)22;/h2-5,9,11H,6-8H2,1H3,(H,21,22);1H. The zero-order chi connectivity index (χ0) is 15.7. The molecule has 1 aliphatic rings. The number of benzene rings is 1. The first-order valence-corrected chi connectivity index (χ1v) is 7.06. The summed E-state index contributed by atoms with van der Waals surface area (Å²) in [6.07, 6.45) is 2.05. The molecule has 1 saturated heterocycles. The Morgan fingerprint density at radius 2 is 1.96 bits per heavy atom. The summed E-state index contributed by atoms with van der Waals surface area (Å²) in [5.74, 6) is -1.63. The van der Waals surface area contributed by atoms with Crippen LogP contribution in [0.1, 0.15) is 22.5 Å². The van der Waals surface area contributed by atoms with E-state index >= 15 is 0 Å². The van der Waals surface area contributed by atoms with Crippen LogP contribution < -0.4 is 0 Å². The molecule has 23 heavy (non-hydrogen) atoms. The molecule has 1 aromatic heterocycles. The van der Waals surface area contributed by atoms with Crippen LogP contribution in [0, 0.1) is 12.8 Å². The summed E-state index contributed by atoms with van der Waals surface area (Å²) in [7, 11) is 0. The van der Waals surface area contributed by atoms with Gasteiger partial charge in [0.1, 0.15) is 0 Å². The number of likely N-dealkylation sites (tertiary alicyclic amines) is 1. The van der Waals surface area contributed by atoms with E-state index in [4.69, 9.17) is 5.11 Å².